The van der Waals surface area contributed by atoms with Crippen molar-refractivity contribution in [2.45, 2.75) is 44.9 Å². The summed E-state index contributed by atoms with van der Waals surface area (Å²) < 4.78 is 40.3. The largest absolute Gasteiger partial charge is 0.408 e. The van der Waals surface area contributed by atoms with E-state index in [0.29, 0.717) is 52.8 Å². The van der Waals surface area contributed by atoms with Gasteiger partial charge in [0, 0.05) is 25.0 Å². The Labute approximate surface area is 187 Å². The predicted octanol–water partition coefficient (Wildman–Crippen LogP) is 2.91. The highest BCUT2D eigenvalue weighted by Crippen LogP contribution is 2.36. The van der Waals surface area contributed by atoms with Gasteiger partial charge in [-0.05, 0) is 24.8 Å². The summed E-state index contributed by atoms with van der Waals surface area (Å²) in [7, 11) is 0. The van der Waals surface area contributed by atoms with Crippen molar-refractivity contribution in [3.63, 3.8) is 0 Å². The molecule has 0 bridgehead atoms. The van der Waals surface area contributed by atoms with Gasteiger partial charge in [0.05, 0.1) is 34.7 Å². The Hall–Kier alpha value is -3.15. The van der Waals surface area contributed by atoms with Crippen LogP contribution in [0.1, 0.15) is 26.2 Å². The molecule has 5 rings (SSSR count). The first-order valence-corrected chi connectivity index (χ1v) is 11.0. The van der Waals surface area contributed by atoms with Gasteiger partial charge in [-0.25, -0.2) is 4.98 Å². The molecule has 1 atom stereocenters. The van der Waals surface area contributed by atoms with Gasteiger partial charge in [-0.1, -0.05) is 13.3 Å². The Kier molecular flexibility index (Phi) is 5.26. The van der Waals surface area contributed by atoms with Crippen LogP contribution in [0.2, 0.25) is 0 Å². The van der Waals surface area contributed by atoms with Gasteiger partial charge >= 0.3 is 6.18 Å². The Balaban J connectivity index is 1.52. The monoisotopic (exact) mass is 462 g/mol. The molecular weight excluding hydrogens is 437 g/mol. The second-order valence-corrected chi connectivity index (χ2v) is 8.97. The molecular formula is C21H25F3N8O. The minimum Gasteiger partial charge on any atom is -0.353 e. The molecule has 33 heavy (non-hydrogen) atoms. The molecule has 1 saturated heterocycles. The predicted molar refractivity (Wildman–Crippen MR) is 116 cm³/mol. The first-order valence-electron chi connectivity index (χ1n) is 11.0. The molecule has 1 amide bonds. The highest BCUT2D eigenvalue weighted by molar-refractivity contribution is 5.98. The van der Waals surface area contributed by atoms with Crippen molar-refractivity contribution >= 4 is 28.3 Å². The van der Waals surface area contributed by atoms with E-state index in [-0.39, 0.29) is 17.9 Å². The SMILES string of the molecule is C[C@H](C(=O)Nc1cn[nH]c1-c1cc2c(cnn2CC(F)(F)F)c(N2CC(N)C2)n1)C1CCC1. The minimum absolute atomic E-state index is 0.0225. The van der Waals surface area contributed by atoms with Gasteiger partial charge in [-0.2, -0.15) is 23.4 Å². The summed E-state index contributed by atoms with van der Waals surface area (Å²) >= 11 is 0. The maximum atomic E-state index is 13.1. The smallest absolute Gasteiger partial charge is 0.353 e. The van der Waals surface area contributed by atoms with Crippen LogP contribution >= 0.6 is 0 Å². The van der Waals surface area contributed by atoms with Gasteiger partial charge in [0.2, 0.25) is 5.91 Å². The number of aromatic amines is 1. The Morgan fingerprint density at radius 2 is 2.09 bits per heavy atom. The minimum atomic E-state index is -4.42. The number of nitrogens with zero attached hydrogens (tertiary/aromatic N) is 5. The Bertz CT molecular complexity index is 1180. The molecule has 176 valence electrons. The Morgan fingerprint density at radius 3 is 2.73 bits per heavy atom. The fraction of sp³-hybridized carbons (Fsp3) is 0.524. The number of anilines is 2. The first-order chi connectivity index (χ1) is 15.7. The highest BCUT2D eigenvalue weighted by Gasteiger charge is 2.32. The number of H-pyrrole nitrogens is 1. The summed E-state index contributed by atoms with van der Waals surface area (Å²) in [4.78, 5) is 19.3. The quantitative estimate of drug-likeness (QED) is 0.519. The lowest BCUT2D eigenvalue weighted by Gasteiger charge is -2.38. The van der Waals surface area contributed by atoms with Crippen LogP contribution < -0.4 is 16.0 Å². The van der Waals surface area contributed by atoms with E-state index >= 15 is 0 Å². The van der Waals surface area contributed by atoms with Crippen LogP contribution in [-0.4, -0.2) is 56.2 Å². The lowest BCUT2D eigenvalue weighted by molar-refractivity contribution is -0.141. The summed E-state index contributed by atoms with van der Waals surface area (Å²) in [5, 5.41) is 14.3. The molecule has 1 aliphatic heterocycles. The van der Waals surface area contributed by atoms with E-state index < -0.39 is 12.7 Å². The van der Waals surface area contributed by atoms with Gasteiger partial charge in [-0.3, -0.25) is 14.6 Å². The van der Waals surface area contributed by atoms with Crippen LogP contribution in [0.4, 0.5) is 24.7 Å². The van der Waals surface area contributed by atoms with Crippen molar-refractivity contribution in [3.05, 3.63) is 18.5 Å². The van der Waals surface area contributed by atoms with E-state index in [9.17, 15) is 18.0 Å². The van der Waals surface area contributed by atoms with Crippen LogP contribution in [0.25, 0.3) is 22.3 Å². The number of nitrogens with one attached hydrogen (secondary N) is 2. The molecule has 0 spiro atoms. The second-order valence-electron chi connectivity index (χ2n) is 8.97. The second kappa shape index (κ2) is 8.01. The molecule has 2 aliphatic rings. The molecule has 9 nitrogen and oxygen atoms in total. The number of pyridine rings is 1. The fourth-order valence-electron chi connectivity index (χ4n) is 4.38. The van der Waals surface area contributed by atoms with Crippen molar-refractivity contribution in [1.82, 2.24) is 25.0 Å². The maximum Gasteiger partial charge on any atom is 0.408 e. The number of hydrogen-bond acceptors (Lipinski definition) is 6. The van der Waals surface area contributed by atoms with Crippen molar-refractivity contribution in [2.75, 3.05) is 23.3 Å². The number of carbonyl (C=O) groups excluding carboxylic acids is 1. The van der Waals surface area contributed by atoms with E-state index in [2.05, 4.69) is 20.6 Å². The lowest BCUT2D eigenvalue weighted by atomic mass is 9.76. The van der Waals surface area contributed by atoms with E-state index in [1.165, 1.54) is 18.5 Å². The molecule has 4 heterocycles. The lowest BCUT2D eigenvalue weighted by Crippen LogP contribution is -2.56. The molecule has 0 aromatic carbocycles. The third-order valence-electron chi connectivity index (χ3n) is 6.58. The van der Waals surface area contributed by atoms with Gasteiger partial charge in [-0.15, -0.1) is 0 Å². The molecule has 0 unspecified atom stereocenters. The van der Waals surface area contributed by atoms with Crippen molar-refractivity contribution < 1.29 is 18.0 Å². The number of amides is 1. The average Bonchev–Trinajstić information content (AvgIpc) is 3.29. The molecule has 12 heteroatoms. The number of alkyl halides is 3. The van der Waals surface area contributed by atoms with E-state index in [1.54, 1.807) is 0 Å². The zero-order valence-corrected chi connectivity index (χ0v) is 18.1. The molecule has 0 radical (unpaired) electrons. The molecule has 4 N–H and O–H groups in total. The number of rotatable bonds is 6. The van der Waals surface area contributed by atoms with Crippen molar-refractivity contribution in [1.29, 1.82) is 0 Å². The zero-order chi connectivity index (χ0) is 23.3. The topological polar surface area (TPSA) is 118 Å². The summed E-state index contributed by atoms with van der Waals surface area (Å²) in [6.07, 6.45) is 1.67. The van der Waals surface area contributed by atoms with Gasteiger partial charge in [0.25, 0.3) is 0 Å². The summed E-state index contributed by atoms with van der Waals surface area (Å²) in [5.74, 6) is 0.629. The number of halogens is 3. The molecule has 1 aliphatic carbocycles. The summed E-state index contributed by atoms with van der Waals surface area (Å²) in [6, 6.07) is 1.52. The van der Waals surface area contributed by atoms with Gasteiger partial charge in [0.1, 0.15) is 18.1 Å². The molecule has 1 saturated carbocycles. The van der Waals surface area contributed by atoms with Crippen molar-refractivity contribution in [3.8, 4) is 11.4 Å². The maximum absolute atomic E-state index is 13.1. The third kappa shape index (κ3) is 4.14. The highest BCUT2D eigenvalue weighted by atomic mass is 19.4. The molecule has 3 aromatic rings. The number of fused-ring (bicyclic) bond motifs is 1. The normalized spacial score (nSPS) is 18.3. The summed E-state index contributed by atoms with van der Waals surface area (Å²) in [6.45, 7) is 1.78. The fourth-order valence-corrected chi connectivity index (χ4v) is 4.38. The zero-order valence-electron chi connectivity index (χ0n) is 18.1. The van der Waals surface area contributed by atoms with E-state index in [1.807, 2.05) is 11.8 Å². The number of carbonyl (C=O) groups is 1. The molecule has 2 fully saturated rings. The van der Waals surface area contributed by atoms with Crippen LogP contribution in [0, 0.1) is 11.8 Å². The van der Waals surface area contributed by atoms with E-state index in [0.717, 1.165) is 23.9 Å². The number of aromatic nitrogens is 5. The van der Waals surface area contributed by atoms with Gasteiger partial charge < -0.3 is 16.0 Å². The van der Waals surface area contributed by atoms with Gasteiger partial charge in [0.15, 0.2) is 0 Å². The average molecular weight is 462 g/mol. The van der Waals surface area contributed by atoms with Crippen LogP contribution in [0.3, 0.4) is 0 Å². The Morgan fingerprint density at radius 1 is 1.33 bits per heavy atom. The van der Waals surface area contributed by atoms with Crippen LogP contribution in [-0.2, 0) is 11.3 Å². The summed E-state index contributed by atoms with van der Waals surface area (Å²) in [5.41, 5.74) is 7.44. The van der Waals surface area contributed by atoms with Crippen LogP contribution in [0.15, 0.2) is 18.5 Å². The first kappa shape index (κ1) is 21.7. The van der Waals surface area contributed by atoms with E-state index in [4.69, 9.17) is 10.7 Å². The standard InChI is InChI=1S/C21H25F3N8O/c1-11(12-3-2-4-12)20(33)29-16-7-26-30-18(16)15-5-17-14(6-27-32(17)10-21(22,23)24)19(28-15)31-8-13(25)9-31/h5-7,11-13H,2-4,8-10,25H2,1H3,(H,26,30)(H,29,33)/t11-/m0/s1. The van der Waals surface area contributed by atoms with Crippen LogP contribution in [0.5, 0.6) is 0 Å². The third-order valence-corrected chi connectivity index (χ3v) is 6.58. The molecule has 3 aromatic heterocycles. The number of nitrogens with two attached hydrogens (primary N) is 1. The number of hydrogen-bond donors (Lipinski definition) is 3. The van der Waals surface area contributed by atoms with Crippen molar-refractivity contribution in [2.24, 2.45) is 17.6 Å².